The van der Waals surface area contributed by atoms with Crippen molar-refractivity contribution in [2.24, 2.45) is 0 Å². The van der Waals surface area contributed by atoms with Gasteiger partial charge in [0, 0.05) is 39.6 Å². The molecule has 0 atom stereocenters. The largest absolute Gasteiger partial charge is 0.489 e. The molecule has 0 saturated carbocycles. The van der Waals surface area contributed by atoms with Gasteiger partial charge in [0.1, 0.15) is 6.61 Å². The summed E-state index contributed by atoms with van der Waals surface area (Å²) in [6, 6.07) is 6.25. The number of para-hydroxylation sites is 1. The number of amides is 2. The predicted octanol–water partition coefficient (Wildman–Crippen LogP) is 0.827. The maximum atomic E-state index is 13.4. The zero-order valence-corrected chi connectivity index (χ0v) is 14.2. The molecule has 1 saturated heterocycles. The maximum absolute atomic E-state index is 13.4. The lowest BCUT2D eigenvalue weighted by molar-refractivity contribution is -0.139. The van der Waals surface area contributed by atoms with E-state index in [1.54, 1.807) is 34.9 Å². The van der Waals surface area contributed by atoms with E-state index in [9.17, 15) is 14.0 Å². The molecule has 0 N–H and O–H groups in total. The summed E-state index contributed by atoms with van der Waals surface area (Å²) in [6.07, 6.45) is 0. The van der Waals surface area contributed by atoms with Crippen LogP contribution in [-0.4, -0.2) is 79.4 Å². The van der Waals surface area contributed by atoms with Crippen LogP contribution in [0.1, 0.15) is 6.92 Å². The Morgan fingerprint density at radius 3 is 2.42 bits per heavy atom. The Balaban J connectivity index is 1.68. The van der Waals surface area contributed by atoms with Gasteiger partial charge in [-0.25, -0.2) is 4.39 Å². The van der Waals surface area contributed by atoms with Crippen LogP contribution in [0.25, 0.3) is 0 Å². The Morgan fingerprint density at radius 1 is 1.17 bits per heavy atom. The van der Waals surface area contributed by atoms with E-state index in [-0.39, 0.29) is 29.9 Å². The Kier molecular flexibility index (Phi) is 6.54. The quantitative estimate of drug-likeness (QED) is 0.771. The van der Waals surface area contributed by atoms with Gasteiger partial charge in [-0.2, -0.15) is 0 Å². The van der Waals surface area contributed by atoms with Crippen molar-refractivity contribution in [3.05, 3.63) is 30.1 Å². The number of rotatable bonds is 6. The minimum Gasteiger partial charge on any atom is -0.489 e. The highest BCUT2D eigenvalue weighted by Crippen LogP contribution is 2.15. The molecule has 2 rings (SSSR count). The Bertz CT molecular complexity index is 574. The molecular weight excluding hydrogens is 313 g/mol. The molecule has 6 nitrogen and oxygen atoms in total. The molecule has 0 unspecified atom stereocenters. The van der Waals surface area contributed by atoms with E-state index >= 15 is 0 Å². The molecule has 0 aliphatic carbocycles. The number of benzene rings is 1. The highest BCUT2D eigenvalue weighted by molar-refractivity contribution is 5.79. The molecule has 0 aromatic heterocycles. The molecule has 1 aromatic carbocycles. The van der Waals surface area contributed by atoms with Gasteiger partial charge in [-0.1, -0.05) is 12.1 Å². The second-order valence-corrected chi connectivity index (χ2v) is 5.90. The van der Waals surface area contributed by atoms with Gasteiger partial charge in [0.2, 0.25) is 11.8 Å². The van der Waals surface area contributed by atoms with E-state index in [0.29, 0.717) is 39.3 Å². The molecule has 2 amide bonds. The van der Waals surface area contributed by atoms with Crippen molar-refractivity contribution in [2.75, 3.05) is 52.9 Å². The molecule has 1 aliphatic heterocycles. The van der Waals surface area contributed by atoms with E-state index in [2.05, 4.69) is 0 Å². The smallest absolute Gasteiger partial charge is 0.236 e. The van der Waals surface area contributed by atoms with Crippen LogP contribution in [0.2, 0.25) is 0 Å². The van der Waals surface area contributed by atoms with Gasteiger partial charge in [0.25, 0.3) is 0 Å². The van der Waals surface area contributed by atoms with Crippen molar-refractivity contribution in [3.8, 4) is 5.75 Å². The molecular formula is C17H24FN3O3. The van der Waals surface area contributed by atoms with Gasteiger partial charge in [-0.05, 0) is 19.2 Å². The third-order valence-corrected chi connectivity index (χ3v) is 4.05. The average molecular weight is 337 g/mol. The number of carbonyl (C=O) groups is 2. The zero-order chi connectivity index (χ0) is 17.5. The first kappa shape index (κ1) is 18.2. The van der Waals surface area contributed by atoms with Crippen LogP contribution >= 0.6 is 0 Å². The van der Waals surface area contributed by atoms with Crippen LogP contribution in [0, 0.1) is 5.82 Å². The molecule has 1 fully saturated rings. The van der Waals surface area contributed by atoms with Crippen LogP contribution in [-0.2, 0) is 9.59 Å². The second kappa shape index (κ2) is 8.63. The number of likely N-dealkylation sites (N-methyl/N-ethyl adjacent to an activating group) is 1. The lowest BCUT2D eigenvalue weighted by Crippen LogP contribution is -2.52. The van der Waals surface area contributed by atoms with Crippen LogP contribution in [0.15, 0.2) is 24.3 Å². The predicted molar refractivity (Wildman–Crippen MR) is 88.2 cm³/mol. The summed E-state index contributed by atoms with van der Waals surface area (Å²) in [6.45, 7) is 4.95. The standard InChI is InChI=1S/C17H24FN3O3/c1-14(22)20-7-9-21(10-8-20)17(23)13-19(2)11-12-24-16-6-4-3-5-15(16)18/h3-6H,7-13H2,1-2H3. The molecule has 1 aromatic rings. The molecule has 1 aliphatic rings. The number of nitrogens with zero attached hydrogens (tertiary/aromatic N) is 3. The SMILES string of the molecule is CC(=O)N1CCN(C(=O)CN(C)CCOc2ccccc2F)CC1. The number of carbonyl (C=O) groups excluding carboxylic acids is 2. The monoisotopic (exact) mass is 337 g/mol. The summed E-state index contributed by atoms with van der Waals surface area (Å²) in [5.41, 5.74) is 0. The fourth-order valence-electron chi connectivity index (χ4n) is 2.55. The molecule has 0 spiro atoms. The first-order valence-electron chi connectivity index (χ1n) is 8.06. The van der Waals surface area contributed by atoms with E-state index < -0.39 is 0 Å². The fraction of sp³-hybridized carbons (Fsp3) is 0.529. The summed E-state index contributed by atoms with van der Waals surface area (Å²) >= 11 is 0. The van der Waals surface area contributed by atoms with Crippen molar-refractivity contribution >= 4 is 11.8 Å². The van der Waals surface area contributed by atoms with E-state index in [1.165, 1.54) is 6.07 Å². The van der Waals surface area contributed by atoms with Crippen molar-refractivity contribution < 1.29 is 18.7 Å². The van der Waals surface area contributed by atoms with Crippen LogP contribution in [0.3, 0.4) is 0 Å². The first-order valence-corrected chi connectivity index (χ1v) is 8.06. The summed E-state index contributed by atoms with van der Waals surface area (Å²) in [5.74, 6) is -0.0896. The zero-order valence-electron chi connectivity index (χ0n) is 14.2. The van der Waals surface area contributed by atoms with E-state index in [0.717, 1.165) is 0 Å². The number of hydrogen-bond acceptors (Lipinski definition) is 4. The lowest BCUT2D eigenvalue weighted by Gasteiger charge is -2.35. The van der Waals surface area contributed by atoms with E-state index in [4.69, 9.17) is 4.74 Å². The maximum Gasteiger partial charge on any atom is 0.236 e. The van der Waals surface area contributed by atoms with Gasteiger partial charge >= 0.3 is 0 Å². The lowest BCUT2D eigenvalue weighted by atomic mass is 10.3. The van der Waals surface area contributed by atoms with Gasteiger partial charge in [0.15, 0.2) is 11.6 Å². The minimum atomic E-state index is -0.389. The third-order valence-electron chi connectivity index (χ3n) is 4.05. The molecule has 7 heteroatoms. The van der Waals surface area contributed by atoms with E-state index in [1.807, 2.05) is 11.9 Å². The summed E-state index contributed by atoms with van der Waals surface area (Å²) < 4.78 is 18.8. The normalized spacial score (nSPS) is 14.8. The van der Waals surface area contributed by atoms with Gasteiger partial charge in [-0.15, -0.1) is 0 Å². The average Bonchev–Trinajstić information content (AvgIpc) is 2.56. The number of hydrogen-bond donors (Lipinski definition) is 0. The molecule has 1 heterocycles. The highest BCUT2D eigenvalue weighted by atomic mass is 19.1. The van der Waals surface area contributed by atoms with Crippen LogP contribution in [0.5, 0.6) is 5.75 Å². The Morgan fingerprint density at radius 2 is 1.79 bits per heavy atom. The molecule has 24 heavy (non-hydrogen) atoms. The number of ether oxygens (including phenoxy) is 1. The van der Waals surface area contributed by atoms with Crippen molar-refractivity contribution in [3.63, 3.8) is 0 Å². The number of piperazine rings is 1. The fourth-order valence-corrected chi connectivity index (χ4v) is 2.55. The first-order chi connectivity index (χ1) is 11.5. The highest BCUT2D eigenvalue weighted by Gasteiger charge is 2.22. The minimum absolute atomic E-state index is 0.0339. The Hall–Kier alpha value is -2.15. The van der Waals surface area contributed by atoms with Crippen molar-refractivity contribution in [2.45, 2.75) is 6.92 Å². The van der Waals surface area contributed by atoms with Crippen molar-refractivity contribution in [1.29, 1.82) is 0 Å². The van der Waals surface area contributed by atoms with Crippen molar-refractivity contribution in [1.82, 2.24) is 14.7 Å². The van der Waals surface area contributed by atoms with Gasteiger partial charge in [-0.3, -0.25) is 14.5 Å². The summed E-state index contributed by atoms with van der Waals surface area (Å²) in [4.78, 5) is 28.9. The molecule has 0 radical (unpaired) electrons. The summed E-state index contributed by atoms with van der Waals surface area (Å²) in [5, 5.41) is 0. The third kappa shape index (κ3) is 5.19. The molecule has 0 bridgehead atoms. The molecule has 132 valence electrons. The summed E-state index contributed by atoms with van der Waals surface area (Å²) in [7, 11) is 1.83. The Labute approximate surface area is 141 Å². The van der Waals surface area contributed by atoms with Gasteiger partial charge < -0.3 is 14.5 Å². The number of halogens is 1. The van der Waals surface area contributed by atoms with Crippen LogP contribution < -0.4 is 4.74 Å². The van der Waals surface area contributed by atoms with Gasteiger partial charge in [0.05, 0.1) is 6.54 Å². The topological polar surface area (TPSA) is 53.1 Å². The second-order valence-electron chi connectivity index (χ2n) is 5.90. The van der Waals surface area contributed by atoms with Crippen LogP contribution in [0.4, 0.5) is 4.39 Å².